The van der Waals surface area contributed by atoms with Crippen LogP contribution in [0.4, 0.5) is 0 Å². The number of hydrogen-bond acceptors (Lipinski definition) is 5. The van der Waals surface area contributed by atoms with Gasteiger partial charge in [0.25, 0.3) is 0 Å². The normalized spacial score (nSPS) is 13.6. The van der Waals surface area contributed by atoms with Crippen molar-refractivity contribution in [1.82, 2.24) is 5.32 Å². The Bertz CT molecular complexity index is 1310. The molecule has 478 valence electrons. The molecule has 0 aliphatic carbocycles. The summed E-state index contributed by atoms with van der Waals surface area (Å²) in [6, 6.07) is -0.759. The Kier molecular flexibility index (Phi) is 62.2. The highest BCUT2D eigenvalue weighted by Crippen LogP contribution is 2.43. The van der Waals surface area contributed by atoms with Gasteiger partial charge in [-0.25, -0.2) is 4.57 Å². The molecule has 0 fully saturated rings. The number of quaternary nitrogens is 1. The molecule has 1 amide bonds. The van der Waals surface area contributed by atoms with E-state index in [0.29, 0.717) is 23.9 Å². The summed E-state index contributed by atoms with van der Waals surface area (Å²) in [5, 5.41) is 14.2. The second kappa shape index (κ2) is 62.8. The van der Waals surface area contributed by atoms with Crippen LogP contribution < -0.4 is 5.32 Å². The van der Waals surface area contributed by atoms with Crippen LogP contribution in [0.5, 0.6) is 0 Å². The highest BCUT2D eigenvalue weighted by Gasteiger charge is 2.28. The van der Waals surface area contributed by atoms with Crippen molar-refractivity contribution in [2.24, 2.45) is 0 Å². The lowest BCUT2D eigenvalue weighted by molar-refractivity contribution is -0.870. The number of likely N-dealkylation sites (N-methyl/N-ethyl adjacent to an activating group) is 1. The molecule has 0 radical (unpaired) electrons. The number of nitrogens with one attached hydrogen (secondary N) is 1. The van der Waals surface area contributed by atoms with Crippen molar-refractivity contribution in [2.45, 2.75) is 398 Å². The number of rotatable bonds is 68. The van der Waals surface area contributed by atoms with Crippen LogP contribution in [0.2, 0.25) is 0 Å². The van der Waals surface area contributed by atoms with Gasteiger partial charge in [0.15, 0.2) is 0 Å². The first kappa shape index (κ1) is 79.2. The lowest BCUT2D eigenvalue weighted by Gasteiger charge is -2.26. The summed E-state index contributed by atoms with van der Waals surface area (Å²) in [7, 11) is 1.64. The molecule has 0 spiro atoms. The van der Waals surface area contributed by atoms with Gasteiger partial charge < -0.3 is 19.8 Å². The maximum absolute atomic E-state index is 13.1. The number of carbonyl (C=O) groups excluding carboxylic acids is 1. The number of nitrogens with zero attached hydrogens (tertiary/aromatic N) is 1. The zero-order valence-electron chi connectivity index (χ0n) is 54.9. The van der Waals surface area contributed by atoms with Crippen molar-refractivity contribution < 1.29 is 32.9 Å². The van der Waals surface area contributed by atoms with Gasteiger partial charge in [-0.05, 0) is 38.5 Å². The lowest BCUT2D eigenvalue weighted by Crippen LogP contribution is -2.46. The van der Waals surface area contributed by atoms with Gasteiger partial charge >= 0.3 is 7.82 Å². The summed E-state index contributed by atoms with van der Waals surface area (Å²) in [6.45, 7) is 4.96. The molecule has 3 N–H and O–H groups in total. The highest BCUT2D eigenvalue weighted by molar-refractivity contribution is 7.47. The van der Waals surface area contributed by atoms with Crippen LogP contribution in [0.15, 0.2) is 12.2 Å². The lowest BCUT2D eigenvalue weighted by atomic mass is 10.0. The van der Waals surface area contributed by atoms with Gasteiger partial charge in [-0.1, -0.05) is 353 Å². The largest absolute Gasteiger partial charge is 0.472 e. The zero-order valence-corrected chi connectivity index (χ0v) is 55.8. The number of amides is 1. The second-order valence-corrected chi connectivity index (χ2v) is 27.8. The van der Waals surface area contributed by atoms with Crippen LogP contribution in [0, 0.1) is 0 Å². The molecule has 80 heavy (non-hydrogen) atoms. The molecule has 3 atom stereocenters. The van der Waals surface area contributed by atoms with Gasteiger partial charge in [0.1, 0.15) is 13.2 Å². The third-order valence-corrected chi connectivity index (χ3v) is 18.0. The van der Waals surface area contributed by atoms with Gasteiger partial charge in [0.2, 0.25) is 5.91 Å². The molecule has 0 aliphatic heterocycles. The molecule has 3 unspecified atom stereocenters. The molecule has 0 aromatic rings. The number of hydrogen-bond donors (Lipinski definition) is 3. The van der Waals surface area contributed by atoms with E-state index in [-0.39, 0.29) is 19.1 Å². The summed E-state index contributed by atoms with van der Waals surface area (Å²) >= 11 is 0. The van der Waals surface area contributed by atoms with Crippen molar-refractivity contribution in [3.8, 4) is 0 Å². The zero-order chi connectivity index (χ0) is 58.4. The highest BCUT2D eigenvalue weighted by atomic mass is 31.2. The fourth-order valence-electron chi connectivity index (χ4n) is 11.4. The van der Waals surface area contributed by atoms with E-state index in [2.05, 4.69) is 31.3 Å². The summed E-state index contributed by atoms with van der Waals surface area (Å²) in [5.74, 6) is -0.135. The smallest absolute Gasteiger partial charge is 0.391 e. The van der Waals surface area contributed by atoms with Gasteiger partial charge in [0, 0.05) is 6.42 Å². The van der Waals surface area contributed by atoms with E-state index in [1.165, 1.54) is 321 Å². The Labute approximate surface area is 501 Å². The van der Waals surface area contributed by atoms with Crippen molar-refractivity contribution >= 4 is 13.7 Å². The van der Waals surface area contributed by atoms with Crippen LogP contribution in [0.25, 0.3) is 0 Å². The Morgan fingerprint density at radius 3 is 0.963 bits per heavy atom. The molecule has 0 heterocycles. The third kappa shape index (κ3) is 64.8. The van der Waals surface area contributed by atoms with Gasteiger partial charge in [-0.2, -0.15) is 0 Å². The maximum Gasteiger partial charge on any atom is 0.472 e. The van der Waals surface area contributed by atoms with Crippen LogP contribution in [-0.4, -0.2) is 73.4 Å². The van der Waals surface area contributed by atoms with Crippen molar-refractivity contribution in [2.75, 3.05) is 40.9 Å². The summed E-state index contributed by atoms with van der Waals surface area (Å²) in [6.07, 6.45) is 80.4. The SMILES string of the molecule is CCCCCCCCCC/C=C\CCCCCCCCCCCCCCCCCCCC(=O)NC(COP(=O)(O)OCC[N+](C)(C)C)C(O)CCCCCCCCCCCCCCCCCCCCCCCCCCCCCCC. The quantitative estimate of drug-likeness (QED) is 0.0243. The first-order valence-corrected chi connectivity index (χ1v) is 37.5. The molecule has 0 saturated carbocycles. The molecule has 0 saturated heterocycles. The maximum atomic E-state index is 13.1. The predicted molar refractivity (Wildman–Crippen MR) is 351 cm³/mol. The Hall–Kier alpha value is -0.760. The molecule has 9 heteroatoms. The molecular weight excluding hydrogens is 1010 g/mol. The number of phosphoric acid groups is 1. The van der Waals surface area contributed by atoms with E-state index < -0.39 is 20.0 Å². The van der Waals surface area contributed by atoms with Crippen LogP contribution in [0.3, 0.4) is 0 Å². The van der Waals surface area contributed by atoms with Crippen molar-refractivity contribution in [3.63, 3.8) is 0 Å². The van der Waals surface area contributed by atoms with E-state index in [9.17, 15) is 19.4 Å². The minimum atomic E-state index is -4.33. The Morgan fingerprint density at radius 2 is 0.675 bits per heavy atom. The van der Waals surface area contributed by atoms with Gasteiger partial charge in [0.05, 0.1) is 39.9 Å². The predicted octanol–water partition coefficient (Wildman–Crippen LogP) is 22.9. The molecule has 0 aliphatic rings. The Morgan fingerprint density at radius 1 is 0.412 bits per heavy atom. The third-order valence-electron chi connectivity index (χ3n) is 17.0. The summed E-state index contributed by atoms with van der Waals surface area (Å²) in [4.78, 5) is 23.5. The van der Waals surface area contributed by atoms with E-state index in [1.807, 2.05) is 21.1 Å². The molecular formula is C71H144N2O6P+. The summed E-state index contributed by atoms with van der Waals surface area (Å²) in [5.41, 5.74) is 0. The monoisotopic (exact) mass is 1150 g/mol. The fourth-order valence-corrected chi connectivity index (χ4v) is 12.1. The summed E-state index contributed by atoms with van der Waals surface area (Å²) < 4.78 is 23.9. The topological polar surface area (TPSA) is 105 Å². The Balaban J connectivity index is 3.98. The number of unbranched alkanes of at least 4 members (excludes halogenated alkanes) is 53. The van der Waals surface area contributed by atoms with E-state index in [1.54, 1.807) is 0 Å². The number of aliphatic hydroxyl groups is 1. The second-order valence-electron chi connectivity index (χ2n) is 26.3. The van der Waals surface area contributed by atoms with Gasteiger partial charge in [-0.3, -0.25) is 13.8 Å². The molecule has 0 aromatic carbocycles. The van der Waals surface area contributed by atoms with Gasteiger partial charge in [-0.15, -0.1) is 0 Å². The number of aliphatic hydroxyl groups excluding tert-OH is 1. The molecule has 0 aromatic heterocycles. The van der Waals surface area contributed by atoms with E-state index >= 15 is 0 Å². The van der Waals surface area contributed by atoms with Crippen molar-refractivity contribution in [3.05, 3.63) is 12.2 Å². The first-order chi connectivity index (χ1) is 39.0. The average Bonchev–Trinajstić information content (AvgIpc) is 3.42. The standard InChI is InChI=1S/C71H143N2O6P/c1-6-8-10-12-14-16-18-20-22-24-26-28-30-32-34-36-38-40-42-44-46-48-50-52-54-56-58-60-62-64-70(74)69(68-79-80(76,77)78-67-66-73(3,4)5)72-71(75)65-63-61-59-57-55-53-51-49-47-45-43-41-39-37-35-33-31-29-27-25-23-21-19-17-15-13-11-9-7-2/h25,27,69-70,74H,6-24,26,28-68H2,1-5H3,(H-,72,75,76,77)/p+1/b27-25-. The van der Waals surface area contributed by atoms with Crippen LogP contribution >= 0.6 is 7.82 Å². The molecule has 8 nitrogen and oxygen atoms in total. The fraction of sp³-hybridized carbons (Fsp3) is 0.958. The minimum absolute atomic E-state index is 0.0783. The van der Waals surface area contributed by atoms with Crippen LogP contribution in [0.1, 0.15) is 386 Å². The van der Waals surface area contributed by atoms with Crippen molar-refractivity contribution in [1.29, 1.82) is 0 Å². The minimum Gasteiger partial charge on any atom is -0.391 e. The number of allylic oxidation sites excluding steroid dienone is 2. The molecule has 0 bridgehead atoms. The first-order valence-electron chi connectivity index (χ1n) is 36.1. The number of carbonyl (C=O) groups is 1. The average molecular weight is 1150 g/mol. The number of phosphoric ester groups is 1. The van der Waals surface area contributed by atoms with Crippen LogP contribution in [-0.2, 0) is 18.4 Å². The molecule has 0 rings (SSSR count). The van der Waals surface area contributed by atoms with E-state index in [4.69, 9.17) is 9.05 Å². The van der Waals surface area contributed by atoms with E-state index in [0.717, 1.165) is 38.5 Å².